The molecule has 0 rings (SSSR count). The Morgan fingerprint density at radius 2 is 2.14 bits per heavy atom. The van der Waals surface area contributed by atoms with Gasteiger partial charge in [-0.25, -0.2) is 5.11 Å². The van der Waals surface area contributed by atoms with Crippen molar-refractivity contribution in [3.63, 3.8) is 0 Å². The van der Waals surface area contributed by atoms with E-state index in [9.17, 15) is 5.11 Å². The zero-order valence-corrected chi connectivity index (χ0v) is 6.83. The first-order valence-electron chi connectivity index (χ1n) is 1.86. The molecule has 0 saturated carbocycles. The van der Waals surface area contributed by atoms with Crippen molar-refractivity contribution in [1.29, 1.82) is 0 Å². The molecule has 0 heterocycles. The third kappa shape index (κ3) is 6.66. The van der Waals surface area contributed by atoms with Gasteiger partial charge in [-0.15, -0.1) is 0 Å². The van der Waals surface area contributed by atoms with Crippen LogP contribution in [0.1, 0.15) is 6.42 Å². The van der Waals surface area contributed by atoms with Crippen LogP contribution in [0.3, 0.4) is 0 Å². The molecule has 1 nitrogen and oxygen atoms in total. The number of hydrogen-bond acceptors (Lipinski definition) is 0. The van der Waals surface area contributed by atoms with Crippen molar-refractivity contribution >= 4 is 31.9 Å². The van der Waals surface area contributed by atoms with E-state index in [0.29, 0.717) is 6.42 Å². The summed E-state index contributed by atoms with van der Waals surface area (Å²) in [5.74, 6) is 0. The molecule has 0 atom stereocenters. The summed E-state index contributed by atoms with van der Waals surface area (Å²) in [5, 5.41) is 9.75. The standard InChI is InChI=1S/C4H5Br2O/c5-4(6)2-1-3-7/h2H,1,3H2. The van der Waals surface area contributed by atoms with Crippen LogP contribution in [0.5, 0.6) is 0 Å². The molecule has 0 bridgehead atoms. The van der Waals surface area contributed by atoms with Crippen molar-refractivity contribution < 1.29 is 5.11 Å². The van der Waals surface area contributed by atoms with Crippen molar-refractivity contribution in [2.75, 3.05) is 6.61 Å². The van der Waals surface area contributed by atoms with Gasteiger partial charge in [0.25, 0.3) is 0 Å². The SMILES string of the molecule is [O]CCC=C(Br)Br. The lowest BCUT2D eigenvalue weighted by atomic mass is 10.5. The van der Waals surface area contributed by atoms with Crippen LogP contribution >= 0.6 is 31.9 Å². The Morgan fingerprint density at radius 1 is 1.57 bits per heavy atom. The molecule has 0 fully saturated rings. The summed E-state index contributed by atoms with van der Waals surface area (Å²) in [6, 6.07) is 0. The van der Waals surface area contributed by atoms with Crippen molar-refractivity contribution in [2.45, 2.75) is 6.42 Å². The maximum absolute atomic E-state index is 9.75. The van der Waals surface area contributed by atoms with Crippen molar-refractivity contribution in [1.82, 2.24) is 0 Å². The quantitative estimate of drug-likeness (QED) is 0.692. The van der Waals surface area contributed by atoms with E-state index in [1.165, 1.54) is 0 Å². The zero-order chi connectivity index (χ0) is 5.70. The first-order valence-corrected chi connectivity index (χ1v) is 3.45. The maximum Gasteiger partial charge on any atom is 0.0857 e. The van der Waals surface area contributed by atoms with Gasteiger partial charge in [-0.1, -0.05) is 6.08 Å². The molecule has 0 unspecified atom stereocenters. The number of hydrogen-bond donors (Lipinski definition) is 0. The summed E-state index contributed by atoms with van der Waals surface area (Å²) < 4.78 is 0.857. The van der Waals surface area contributed by atoms with E-state index in [1.54, 1.807) is 6.08 Å². The molecule has 0 N–H and O–H groups in total. The number of rotatable bonds is 2. The molecule has 7 heavy (non-hydrogen) atoms. The average molecular weight is 229 g/mol. The minimum atomic E-state index is -0.0410. The molecule has 0 spiro atoms. The van der Waals surface area contributed by atoms with Gasteiger partial charge < -0.3 is 0 Å². The van der Waals surface area contributed by atoms with Gasteiger partial charge in [-0.2, -0.15) is 0 Å². The van der Waals surface area contributed by atoms with Crippen LogP contribution in [0.2, 0.25) is 0 Å². The Labute approximate surface area is 59.7 Å². The van der Waals surface area contributed by atoms with Crippen LogP contribution in [0.25, 0.3) is 0 Å². The summed E-state index contributed by atoms with van der Waals surface area (Å²) in [7, 11) is 0. The van der Waals surface area contributed by atoms with Crippen LogP contribution in [-0.4, -0.2) is 6.61 Å². The highest BCUT2D eigenvalue weighted by Gasteiger charge is 1.79. The fraction of sp³-hybridized carbons (Fsp3) is 0.500. The van der Waals surface area contributed by atoms with E-state index in [0.717, 1.165) is 3.39 Å². The molecule has 3 heteroatoms. The normalized spacial score (nSPS) is 8.43. The van der Waals surface area contributed by atoms with Gasteiger partial charge >= 0.3 is 0 Å². The predicted octanol–water partition coefficient (Wildman–Crippen LogP) is 2.44. The molecular weight excluding hydrogens is 224 g/mol. The molecule has 0 amide bonds. The van der Waals surface area contributed by atoms with E-state index in [-0.39, 0.29) is 6.61 Å². The zero-order valence-electron chi connectivity index (χ0n) is 3.66. The van der Waals surface area contributed by atoms with Crippen LogP contribution in [0, 0.1) is 0 Å². The van der Waals surface area contributed by atoms with Gasteiger partial charge in [-0.3, -0.25) is 0 Å². The Hall–Kier alpha value is 0.660. The second kappa shape index (κ2) is 4.81. The Kier molecular flexibility index (Phi) is 5.26. The lowest BCUT2D eigenvalue weighted by Gasteiger charge is -1.79. The van der Waals surface area contributed by atoms with Gasteiger partial charge in [-0.05, 0) is 38.3 Å². The minimum absolute atomic E-state index is 0.0410. The topological polar surface area (TPSA) is 19.9 Å². The third-order valence-electron chi connectivity index (χ3n) is 0.416. The van der Waals surface area contributed by atoms with Gasteiger partial charge in [0.1, 0.15) is 0 Å². The third-order valence-corrected chi connectivity index (χ3v) is 1.06. The van der Waals surface area contributed by atoms with E-state index in [2.05, 4.69) is 31.9 Å². The highest BCUT2D eigenvalue weighted by Crippen LogP contribution is 2.12. The smallest absolute Gasteiger partial charge is 0.0857 e. The average Bonchev–Trinajstić information content (AvgIpc) is 1.61. The van der Waals surface area contributed by atoms with Gasteiger partial charge in [0.05, 0.1) is 10.00 Å². The maximum atomic E-state index is 9.75. The first-order chi connectivity index (χ1) is 3.27. The Morgan fingerprint density at radius 3 is 2.29 bits per heavy atom. The van der Waals surface area contributed by atoms with Crippen molar-refractivity contribution in [3.8, 4) is 0 Å². The summed E-state index contributed by atoms with van der Waals surface area (Å²) in [5.41, 5.74) is 0. The first kappa shape index (κ1) is 7.66. The summed E-state index contributed by atoms with van der Waals surface area (Å²) in [4.78, 5) is 0. The molecule has 0 aromatic heterocycles. The molecule has 0 saturated heterocycles. The highest BCUT2D eigenvalue weighted by molar-refractivity contribution is 9.28. The molecule has 0 aromatic carbocycles. The van der Waals surface area contributed by atoms with E-state index in [4.69, 9.17) is 0 Å². The molecular formula is C4H5Br2O. The fourth-order valence-electron chi connectivity index (χ4n) is 0.168. The Balaban J connectivity index is 3.08. The monoisotopic (exact) mass is 227 g/mol. The van der Waals surface area contributed by atoms with Gasteiger partial charge in [0.15, 0.2) is 0 Å². The molecule has 0 aliphatic carbocycles. The van der Waals surface area contributed by atoms with Gasteiger partial charge in [0, 0.05) is 0 Å². The fourth-order valence-corrected chi connectivity index (χ4v) is 0.626. The van der Waals surface area contributed by atoms with Crippen molar-refractivity contribution in [3.05, 3.63) is 9.47 Å². The van der Waals surface area contributed by atoms with E-state index >= 15 is 0 Å². The molecule has 0 aliphatic rings. The van der Waals surface area contributed by atoms with Crippen LogP contribution in [0.15, 0.2) is 9.47 Å². The molecule has 0 aliphatic heterocycles. The van der Waals surface area contributed by atoms with E-state index in [1.807, 2.05) is 0 Å². The summed E-state index contributed by atoms with van der Waals surface area (Å²) in [6.07, 6.45) is 2.37. The largest absolute Gasteiger partial charge is 0.236 e. The van der Waals surface area contributed by atoms with Gasteiger partial charge in [0.2, 0.25) is 0 Å². The lowest BCUT2D eigenvalue weighted by molar-refractivity contribution is 0.199. The van der Waals surface area contributed by atoms with Crippen LogP contribution in [0.4, 0.5) is 0 Å². The lowest BCUT2D eigenvalue weighted by Crippen LogP contribution is -1.71. The molecule has 41 valence electrons. The second-order valence-electron chi connectivity index (χ2n) is 0.987. The van der Waals surface area contributed by atoms with Crippen LogP contribution < -0.4 is 0 Å². The Bertz CT molecular complexity index is 66.1. The minimum Gasteiger partial charge on any atom is -0.236 e. The number of halogens is 2. The molecule has 1 radical (unpaired) electrons. The van der Waals surface area contributed by atoms with Crippen molar-refractivity contribution in [2.24, 2.45) is 0 Å². The highest BCUT2D eigenvalue weighted by atomic mass is 79.9. The summed E-state index contributed by atoms with van der Waals surface area (Å²) >= 11 is 6.23. The summed E-state index contributed by atoms with van der Waals surface area (Å²) in [6.45, 7) is -0.0410. The predicted molar refractivity (Wildman–Crippen MR) is 36.1 cm³/mol. The van der Waals surface area contributed by atoms with E-state index < -0.39 is 0 Å². The molecule has 0 aromatic rings. The van der Waals surface area contributed by atoms with Crippen LogP contribution in [-0.2, 0) is 5.11 Å². The second-order valence-corrected chi connectivity index (χ2v) is 3.76.